The van der Waals surface area contributed by atoms with Crippen LogP contribution in [0.5, 0.6) is 0 Å². The van der Waals surface area contributed by atoms with E-state index in [4.69, 9.17) is 4.52 Å². The van der Waals surface area contributed by atoms with Gasteiger partial charge < -0.3 is 9.84 Å². The lowest BCUT2D eigenvalue weighted by Crippen LogP contribution is -2.39. The first-order chi connectivity index (χ1) is 8.65. The van der Waals surface area contributed by atoms with Gasteiger partial charge in [0.1, 0.15) is 0 Å². The second-order valence-electron chi connectivity index (χ2n) is 5.21. The average molecular weight is 269 g/mol. The first-order valence-corrected chi connectivity index (χ1v) is 7.80. The minimum Gasteiger partial charge on any atom is -0.360 e. The van der Waals surface area contributed by atoms with Gasteiger partial charge in [-0.1, -0.05) is 19.0 Å². The van der Waals surface area contributed by atoms with Crippen molar-refractivity contribution in [3.05, 3.63) is 17.5 Å². The van der Waals surface area contributed by atoms with Gasteiger partial charge in [-0.15, -0.1) is 0 Å². The molecule has 0 aromatic carbocycles. The van der Waals surface area contributed by atoms with Crippen LogP contribution in [0, 0.1) is 0 Å². The molecule has 4 nitrogen and oxygen atoms in total. The van der Waals surface area contributed by atoms with E-state index >= 15 is 0 Å². The largest absolute Gasteiger partial charge is 0.360 e. The van der Waals surface area contributed by atoms with Crippen molar-refractivity contribution in [1.82, 2.24) is 15.4 Å². The summed E-state index contributed by atoms with van der Waals surface area (Å²) in [7, 11) is 0. The molecule has 2 rings (SSSR count). The van der Waals surface area contributed by atoms with Gasteiger partial charge in [-0.3, -0.25) is 4.90 Å². The van der Waals surface area contributed by atoms with Gasteiger partial charge in [0.05, 0.1) is 12.2 Å². The van der Waals surface area contributed by atoms with Crippen LogP contribution in [0.4, 0.5) is 0 Å². The summed E-state index contributed by atoms with van der Waals surface area (Å²) in [4.78, 5) is 2.47. The quantitative estimate of drug-likeness (QED) is 0.886. The highest BCUT2D eigenvalue weighted by Gasteiger charge is 2.20. The Morgan fingerprint density at radius 2 is 2.44 bits per heavy atom. The monoisotopic (exact) mass is 269 g/mol. The molecule has 1 atom stereocenters. The highest BCUT2D eigenvalue weighted by Crippen LogP contribution is 2.18. The maximum atomic E-state index is 5.41. The third-order valence-corrected chi connectivity index (χ3v) is 4.35. The number of hydrogen-bond donors (Lipinski definition) is 1. The van der Waals surface area contributed by atoms with Crippen molar-refractivity contribution in [2.24, 2.45) is 0 Å². The number of nitrogens with one attached hydrogen (secondary N) is 1. The normalized spacial score (nSPS) is 21.7. The molecule has 1 aliphatic rings. The Balaban J connectivity index is 1.85. The molecular formula is C13H23N3OS. The summed E-state index contributed by atoms with van der Waals surface area (Å²) < 4.78 is 5.41. The fourth-order valence-electron chi connectivity index (χ4n) is 2.02. The molecule has 1 aliphatic heterocycles. The van der Waals surface area contributed by atoms with E-state index in [-0.39, 0.29) is 0 Å². The molecule has 102 valence electrons. The topological polar surface area (TPSA) is 41.3 Å². The van der Waals surface area contributed by atoms with Crippen molar-refractivity contribution in [3.8, 4) is 0 Å². The molecule has 0 spiro atoms. The van der Waals surface area contributed by atoms with E-state index in [1.165, 1.54) is 11.5 Å². The van der Waals surface area contributed by atoms with Crippen LogP contribution in [0.15, 0.2) is 10.6 Å². The molecule has 2 heterocycles. The van der Waals surface area contributed by atoms with Gasteiger partial charge in [0.15, 0.2) is 5.76 Å². The molecule has 1 aromatic heterocycles. The van der Waals surface area contributed by atoms with E-state index in [0.29, 0.717) is 12.1 Å². The Labute approximate surface area is 113 Å². The molecular weight excluding hydrogens is 246 g/mol. The average Bonchev–Trinajstić information content (AvgIpc) is 2.77. The van der Waals surface area contributed by atoms with Gasteiger partial charge in [-0.25, -0.2) is 0 Å². The van der Waals surface area contributed by atoms with Crippen molar-refractivity contribution in [3.63, 3.8) is 0 Å². The minimum absolute atomic E-state index is 0.476. The summed E-state index contributed by atoms with van der Waals surface area (Å²) in [6.07, 6.45) is 0. The smallest absolute Gasteiger partial charge is 0.151 e. The summed E-state index contributed by atoms with van der Waals surface area (Å²) in [5.74, 6) is 3.42. The molecule has 1 N–H and O–H groups in total. The molecule has 0 aliphatic carbocycles. The van der Waals surface area contributed by atoms with Crippen LogP contribution in [0.3, 0.4) is 0 Å². The summed E-state index contributed by atoms with van der Waals surface area (Å²) in [5.41, 5.74) is 0.998. The summed E-state index contributed by atoms with van der Waals surface area (Å²) in [6, 6.07) is 3.18. The molecule has 1 saturated heterocycles. The molecule has 0 amide bonds. The van der Waals surface area contributed by atoms with Crippen molar-refractivity contribution in [1.29, 1.82) is 0 Å². The lowest BCUT2D eigenvalue weighted by atomic mass is 10.2. The van der Waals surface area contributed by atoms with Gasteiger partial charge in [0, 0.05) is 42.7 Å². The second-order valence-corrected chi connectivity index (χ2v) is 6.36. The Bertz CT molecular complexity index is 367. The van der Waals surface area contributed by atoms with Gasteiger partial charge >= 0.3 is 0 Å². The zero-order chi connectivity index (χ0) is 13.0. The third-order valence-electron chi connectivity index (χ3n) is 3.16. The van der Waals surface area contributed by atoms with E-state index in [1.54, 1.807) is 0 Å². The van der Waals surface area contributed by atoms with Crippen LogP contribution in [0.1, 0.15) is 32.2 Å². The van der Waals surface area contributed by atoms with E-state index in [9.17, 15) is 0 Å². The Kier molecular flexibility index (Phi) is 5.09. The summed E-state index contributed by atoms with van der Waals surface area (Å²) in [5, 5.41) is 7.46. The SMILES string of the molecule is CC(C)NCc1cc(CN2CCSCC2C)on1. The molecule has 1 fully saturated rings. The lowest BCUT2D eigenvalue weighted by Gasteiger charge is -2.31. The summed E-state index contributed by atoms with van der Waals surface area (Å²) in [6.45, 7) is 9.36. The maximum Gasteiger partial charge on any atom is 0.151 e. The minimum atomic E-state index is 0.476. The summed E-state index contributed by atoms with van der Waals surface area (Å²) >= 11 is 2.04. The number of thioether (sulfide) groups is 1. The maximum absolute atomic E-state index is 5.41. The van der Waals surface area contributed by atoms with Crippen LogP contribution >= 0.6 is 11.8 Å². The fourth-order valence-corrected chi connectivity index (χ4v) is 3.10. The van der Waals surface area contributed by atoms with Crippen molar-refractivity contribution in [2.75, 3.05) is 18.1 Å². The van der Waals surface area contributed by atoms with Crippen LogP contribution in [-0.4, -0.2) is 40.2 Å². The van der Waals surface area contributed by atoms with Crippen molar-refractivity contribution in [2.45, 2.75) is 45.9 Å². The highest BCUT2D eigenvalue weighted by molar-refractivity contribution is 7.99. The van der Waals surface area contributed by atoms with Crippen LogP contribution in [-0.2, 0) is 13.1 Å². The standard InChI is InChI=1S/C13H23N3OS/c1-10(2)14-7-12-6-13(17-15-12)8-16-4-5-18-9-11(16)3/h6,10-11,14H,4-5,7-9H2,1-3H3. The Morgan fingerprint density at radius 1 is 1.61 bits per heavy atom. The molecule has 0 radical (unpaired) electrons. The molecule has 0 bridgehead atoms. The number of rotatable bonds is 5. The first-order valence-electron chi connectivity index (χ1n) is 6.65. The zero-order valence-electron chi connectivity index (χ0n) is 11.5. The van der Waals surface area contributed by atoms with E-state index in [0.717, 1.165) is 31.1 Å². The highest BCUT2D eigenvalue weighted by atomic mass is 32.2. The Hall–Kier alpha value is -0.520. The second kappa shape index (κ2) is 6.59. The van der Waals surface area contributed by atoms with Gasteiger partial charge in [-0.2, -0.15) is 11.8 Å². The van der Waals surface area contributed by atoms with Crippen molar-refractivity contribution < 1.29 is 4.52 Å². The van der Waals surface area contributed by atoms with Gasteiger partial charge in [0.2, 0.25) is 0 Å². The van der Waals surface area contributed by atoms with Gasteiger partial charge in [-0.05, 0) is 6.92 Å². The van der Waals surface area contributed by atoms with Crippen LogP contribution in [0.25, 0.3) is 0 Å². The predicted octanol–water partition coefficient (Wildman–Crippen LogP) is 2.11. The van der Waals surface area contributed by atoms with Crippen LogP contribution in [0.2, 0.25) is 0 Å². The first kappa shape index (κ1) is 13.9. The molecule has 1 aromatic rings. The molecule has 18 heavy (non-hydrogen) atoms. The third kappa shape index (κ3) is 4.00. The molecule has 0 saturated carbocycles. The predicted molar refractivity (Wildman–Crippen MR) is 75.7 cm³/mol. The van der Waals surface area contributed by atoms with Crippen LogP contribution < -0.4 is 5.32 Å². The number of hydrogen-bond acceptors (Lipinski definition) is 5. The lowest BCUT2D eigenvalue weighted by molar-refractivity contribution is 0.197. The van der Waals surface area contributed by atoms with E-state index in [2.05, 4.69) is 42.2 Å². The Morgan fingerprint density at radius 3 is 3.17 bits per heavy atom. The van der Waals surface area contributed by atoms with Gasteiger partial charge in [0.25, 0.3) is 0 Å². The van der Waals surface area contributed by atoms with Crippen molar-refractivity contribution >= 4 is 11.8 Å². The number of nitrogens with zero attached hydrogens (tertiary/aromatic N) is 2. The zero-order valence-corrected chi connectivity index (χ0v) is 12.3. The van der Waals surface area contributed by atoms with E-state index in [1.807, 2.05) is 11.8 Å². The van der Waals surface area contributed by atoms with E-state index < -0.39 is 0 Å². The molecule has 5 heteroatoms. The number of aromatic nitrogens is 1. The molecule has 1 unspecified atom stereocenters. The fraction of sp³-hybridized carbons (Fsp3) is 0.769.